The van der Waals surface area contributed by atoms with E-state index >= 15 is 0 Å². The van der Waals surface area contributed by atoms with Crippen molar-refractivity contribution in [2.75, 3.05) is 0 Å². The molecule has 1 aliphatic carbocycles. The van der Waals surface area contributed by atoms with Crippen molar-refractivity contribution >= 4 is 11.3 Å². The zero-order valence-electron chi connectivity index (χ0n) is 12.3. The van der Waals surface area contributed by atoms with Crippen molar-refractivity contribution in [2.24, 2.45) is 17.6 Å². The maximum Gasteiger partial charge on any atom is 0.113 e. The fourth-order valence-electron chi connectivity index (χ4n) is 2.84. The van der Waals surface area contributed by atoms with Gasteiger partial charge in [0.15, 0.2) is 0 Å². The highest BCUT2D eigenvalue weighted by molar-refractivity contribution is 7.09. The van der Waals surface area contributed by atoms with Crippen LogP contribution in [0.5, 0.6) is 0 Å². The summed E-state index contributed by atoms with van der Waals surface area (Å²) in [4.78, 5) is 4.86. The van der Waals surface area contributed by atoms with Crippen LogP contribution in [0.4, 0.5) is 0 Å². The minimum atomic E-state index is -0.203. The summed E-state index contributed by atoms with van der Waals surface area (Å²) in [7, 11) is 0. The lowest BCUT2D eigenvalue weighted by Crippen LogP contribution is -2.48. The van der Waals surface area contributed by atoms with Crippen LogP contribution in [0.3, 0.4) is 0 Å². The molecule has 3 unspecified atom stereocenters. The van der Waals surface area contributed by atoms with Crippen LogP contribution >= 0.6 is 11.3 Å². The Bertz CT molecular complexity index is 418. The minimum Gasteiger partial charge on any atom is -0.319 e. The van der Waals surface area contributed by atoms with Gasteiger partial charge in [-0.15, -0.1) is 11.3 Å². The molecular formula is C15H26N2S. The third-order valence-corrected chi connectivity index (χ3v) is 5.62. The number of thiazole rings is 1. The first-order valence-corrected chi connectivity index (χ1v) is 7.88. The van der Waals surface area contributed by atoms with Crippen molar-refractivity contribution in [1.82, 2.24) is 4.98 Å². The molecule has 1 heterocycles. The van der Waals surface area contributed by atoms with Crippen LogP contribution in [0.1, 0.15) is 64.6 Å². The summed E-state index contributed by atoms with van der Waals surface area (Å²) >= 11 is 1.75. The Morgan fingerprint density at radius 1 is 1.39 bits per heavy atom. The van der Waals surface area contributed by atoms with Crippen LogP contribution < -0.4 is 5.73 Å². The lowest BCUT2D eigenvalue weighted by atomic mass is 9.69. The van der Waals surface area contributed by atoms with Gasteiger partial charge >= 0.3 is 0 Å². The first-order chi connectivity index (χ1) is 8.25. The normalized spacial score (nSPS) is 33.7. The van der Waals surface area contributed by atoms with E-state index < -0.39 is 0 Å². The summed E-state index contributed by atoms with van der Waals surface area (Å²) < 4.78 is 0. The highest BCUT2D eigenvalue weighted by atomic mass is 32.1. The molecule has 0 bridgehead atoms. The molecule has 0 amide bonds. The summed E-state index contributed by atoms with van der Waals surface area (Å²) in [6.07, 6.45) is 3.61. The van der Waals surface area contributed by atoms with Gasteiger partial charge < -0.3 is 5.73 Å². The lowest BCUT2D eigenvalue weighted by molar-refractivity contribution is 0.143. The van der Waals surface area contributed by atoms with Gasteiger partial charge in [0.25, 0.3) is 0 Å². The van der Waals surface area contributed by atoms with E-state index in [1.54, 1.807) is 11.3 Å². The van der Waals surface area contributed by atoms with Gasteiger partial charge in [-0.25, -0.2) is 4.98 Å². The van der Waals surface area contributed by atoms with Crippen molar-refractivity contribution < 1.29 is 0 Å². The Balaban J connectivity index is 2.32. The summed E-state index contributed by atoms with van der Waals surface area (Å²) in [6, 6.07) is 0. The van der Waals surface area contributed by atoms with Gasteiger partial charge in [0, 0.05) is 10.8 Å². The van der Waals surface area contributed by atoms with Crippen molar-refractivity contribution in [3.8, 4) is 0 Å². The number of nitrogens with two attached hydrogens (primary N) is 1. The summed E-state index contributed by atoms with van der Waals surface area (Å²) in [6.45, 7) is 11.2. The van der Waals surface area contributed by atoms with Crippen molar-refractivity contribution in [3.63, 3.8) is 0 Å². The standard InChI is InChI=1S/C15H26N2S/c1-10-7-6-8-15(16,11(10)2)13-17-12(9-18-13)14(3,4)5/h9-11H,6-8,16H2,1-5H3. The molecule has 102 valence electrons. The maximum atomic E-state index is 6.72. The van der Waals surface area contributed by atoms with Gasteiger partial charge in [0.05, 0.1) is 11.2 Å². The van der Waals surface area contributed by atoms with Gasteiger partial charge in [-0.2, -0.15) is 0 Å². The molecule has 1 aromatic rings. The zero-order valence-corrected chi connectivity index (χ0v) is 13.1. The molecule has 1 aliphatic rings. The molecule has 2 N–H and O–H groups in total. The van der Waals surface area contributed by atoms with Gasteiger partial charge in [0.2, 0.25) is 0 Å². The first-order valence-electron chi connectivity index (χ1n) is 7.00. The van der Waals surface area contributed by atoms with E-state index in [2.05, 4.69) is 40.0 Å². The smallest absolute Gasteiger partial charge is 0.113 e. The maximum absolute atomic E-state index is 6.72. The summed E-state index contributed by atoms with van der Waals surface area (Å²) in [5.41, 5.74) is 7.81. The second-order valence-electron chi connectivity index (χ2n) is 6.99. The van der Waals surface area contributed by atoms with E-state index in [1.807, 2.05) is 0 Å². The Hall–Kier alpha value is -0.410. The van der Waals surface area contributed by atoms with Crippen molar-refractivity contribution in [1.29, 1.82) is 0 Å². The largest absolute Gasteiger partial charge is 0.319 e. The number of rotatable bonds is 1. The van der Waals surface area contributed by atoms with Crippen molar-refractivity contribution in [2.45, 2.75) is 64.8 Å². The Kier molecular flexibility index (Phi) is 3.58. The predicted octanol–water partition coefficient (Wildman–Crippen LogP) is 4.05. The summed E-state index contributed by atoms with van der Waals surface area (Å²) in [5.74, 6) is 1.22. The van der Waals surface area contributed by atoms with Gasteiger partial charge in [-0.1, -0.05) is 47.5 Å². The SMILES string of the molecule is CC1CCCC(N)(c2nc(C(C)(C)C)cs2)C1C. The second-order valence-corrected chi connectivity index (χ2v) is 7.84. The molecule has 1 saturated carbocycles. The Morgan fingerprint density at radius 3 is 2.61 bits per heavy atom. The predicted molar refractivity (Wildman–Crippen MR) is 78.9 cm³/mol. The number of aromatic nitrogens is 1. The van der Waals surface area contributed by atoms with E-state index in [0.29, 0.717) is 11.8 Å². The van der Waals surface area contributed by atoms with Crippen LogP contribution in [0, 0.1) is 11.8 Å². The van der Waals surface area contributed by atoms with Crippen LogP contribution in [-0.2, 0) is 11.0 Å². The lowest BCUT2D eigenvalue weighted by Gasteiger charge is -2.41. The quantitative estimate of drug-likeness (QED) is 0.833. The monoisotopic (exact) mass is 266 g/mol. The van der Waals surface area contributed by atoms with Crippen molar-refractivity contribution in [3.05, 3.63) is 16.1 Å². The topological polar surface area (TPSA) is 38.9 Å². The molecular weight excluding hydrogens is 240 g/mol. The molecule has 1 fully saturated rings. The minimum absolute atomic E-state index is 0.120. The molecule has 2 rings (SSSR count). The molecule has 18 heavy (non-hydrogen) atoms. The van der Waals surface area contributed by atoms with Crippen LogP contribution in [0.15, 0.2) is 5.38 Å². The van der Waals surface area contributed by atoms with E-state index in [9.17, 15) is 0 Å². The molecule has 3 atom stereocenters. The number of hydrogen-bond donors (Lipinski definition) is 1. The van der Waals surface area contributed by atoms with E-state index in [4.69, 9.17) is 10.7 Å². The Labute approximate surface area is 115 Å². The van der Waals surface area contributed by atoms with E-state index in [0.717, 1.165) is 11.4 Å². The molecule has 0 radical (unpaired) electrons. The van der Waals surface area contributed by atoms with Crippen LogP contribution in [0.25, 0.3) is 0 Å². The van der Waals surface area contributed by atoms with Gasteiger partial charge in [-0.3, -0.25) is 0 Å². The van der Waals surface area contributed by atoms with Crippen LogP contribution in [-0.4, -0.2) is 4.98 Å². The average molecular weight is 266 g/mol. The van der Waals surface area contributed by atoms with E-state index in [-0.39, 0.29) is 11.0 Å². The van der Waals surface area contributed by atoms with Gasteiger partial charge in [0.1, 0.15) is 5.01 Å². The van der Waals surface area contributed by atoms with Crippen LogP contribution in [0.2, 0.25) is 0 Å². The van der Waals surface area contributed by atoms with E-state index in [1.165, 1.54) is 18.5 Å². The third kappa shape index (κ3) is 2.35. The zero-order chi connectivity index (χ0) is 13.6. The fourth-order valence-corrected chi connectivity index (χ4v) is 4.12. The third-order valence-electron chi connectivity index (χ3n) is 4.59. The summed E-state index contributed by atoms with van der Waals surface area (Å²) in [5, 5.41) is 3.34. The molecule has 0 saturated heterocycles. The highest BCUT2D eigenvalue weighted by Gasteiger charge is 2.42. The fraction of sp³-hybridized carbons (Fsp3) is 0.800. The van der Waals surface area contributed by atoms with Gasteiger partial charge in [-0.05, 0) is 18.3 Å². The molecule has 1 aromatic heterocycles. The molecule has 0 spiro atoms. The average Bonchev–Trinajstić information content (AvgIpc) is 2.75. The first kappa shape index (κ1) is 14.0. The Morgan fingerprint density at radius 2 is 2.06 bits per heavy atom. The molecule has 0 aliphatic heterocycles. The number of hydrogen-bond acceptors (Lipinski definition) is 3. The highest BCUT2D eigenvalue weighted by Crippen LogP contribution is 2.44. The molecule has 3 heteroatoms. The number of nitrogens with zero attached hydrogens (tertiary/aromatic N) is 1. The molecule has 2 nitrogen and oxygen atoms in total. The second kappa shape index (κ2) is 4.61. The molecule has 0 aromatic carbocycles.